The first-order valence-corrected chi connectivity index (χ1v) is 5.48. The molecular weight excluding hydrogens is 259 g/mol. The molecule has 0 saturated carbocycles. The van der Waals surface area contributed by atoms with Crippen LogP contribution in [0.2, 0.25) is 0 Å². The Hall–Kier alpha value is -0.960. The molecule has 0 spiro atoms. The molecule has 3 heteroatoms. The van der Waals surface area contributed by atoms with Gasteiger partial charge in [0.15, 0.2) is 5.78 Å². The van der Waals surface area contributed by atoms with E-state index in [2.05, 4.69) is 22.5 Å². The van der Waals surface area contributed by atoms with E-state index in [1.54, 1.807) is 0 Å². The van der Waals surface area contributed by atoms with Gasteiger partial charge in [-0.05, 0) is 24.6 Å². The Bertz CT molecular complexity index is 399. The fourth-order valence-electron chi connectivity index (χ4n) is 1.16. The van der Waals surface area contributed by atoms with Crippen molar-refractivity contribution in [3.05, 3.63) is 46.2 Å². The van der Waals surface area contributed by atoms with Crippen molar-refractivity contribution < 1.29 is 9.18 Å². The summed E-state index contributed by atoms with van der Waals surface area (Å²) in [5, 5.41) is 0. The van der Waals surface area contributed by atoms with E-state index in [0.717, 1.165) is 12.0 Å². The van der Waals surface area contributed by atoms with Crippen LogP contribution in [0.1, 0.15) is 30.1 Å². The van der Waals surface area contributed by atoms with Crippen molar-refractivity contribution >= 4 is 21.7 Å². The van der Waals surface area contributed by atoms with E-state index in [9.17, 15) is 9.18 Å². The molecule has 0 unspecified atom stereocenters. The molecule has 0 bridgehead atoms. The number of carbonyl (C=O) groups is 1. The lowest BCUT2D eigenvalue weighted by atomic mass is 10.0. The highest BCUT2D eigenvalue weighted by molar-refractivity contribution is 9.10. The minimum absolute atomic E-state index is 0.103. The number of allylic oxidation sites excluding steroid dienone is 1. The molecule has 1 nitrogen and oxygen atoms in total. The van der Waals surface area contributed by atoms with Crippen molar-refractivity contribution in [2.75, 3.05) is 0 Å². The van der Waals surface area contributed by atoms with Crippen molar-refractivity contribution in [1.82, 2.24) is 0 Å². The van der Waals surface area contributed by atoms with Crippen LogP contribution >= 0.6 is 15.9 Å². The Morgan fingerprint density at radius 2 is 2.20 bits per heavy atom. The van der Waals surface area contributed by atoms with Crippen molar-refractivity contribution in [2.24, 2.45) is 0 Å². The summed E-state index contributed by atoms with van der Waals surface area (Å²) in [4.78, 5) is 11.7. The lowest BCUT2D eigenvalue weighted by Crippen LogP contribution is -2.02. The number of ketones is 1. The van der Waals surface area contributed by atoms with Crippen LogP contribution in [0, 0.1) is 5.82 Å². The van der Waals surface area contributed by atoms with E-state index in [4.69, 9.17) is 0 Å². The molecule has 0 aliphatic rings. The molecule has 1 aromatic carbocycles. The molecule has 80 valence electrons. The number of hydrogen-bond donors (Lipinski definition) is 0. The summed E-state index contributed by atoms with van der Waals surface area (Å²) in [6, 6.07) is 4.10. The molecule has 0 aliphatic heterocycles. The van der Waals surface area contributed by atoms with Gasteiger partial charge in [0.25, 0.3) is 0 Å². The molecule has 0 saturated heterocycles. The third-order valence-electron chi connectivity index (χ3n) is 2.14. The molecule has 0 radical (unpaired) electrons. The Kier molecular flexibility index (Phi) is 4.21. The molecule has 0 aliphatic carbocycles. The summed E-state index contributed by atoms with van der Waals surface area (Å²) in [6.07, 6.45) is 1.04. The van der Waals surface area contributed by atoms with Crippen LogP contribution in [-0.2, 0) is 0 Å². The molecule has 0 N–H and O–H groups in total. The summed E-state index contributed by atoms with van der Waals surface area (Å²) in [5.74, 6) is -0.503. The number of halogens is 2. The molecule has 0 heterocycles. The van der Waals surface area contributed by atoms with Gasteiger partial charge in [-0.15, -0.1) is 0 Å². The first kappa shape index (κ1) is 12.1. The summed E-state index contributed by atoms with van der Waals surface area (Å²) in [7, 11) is 0. The fourth-order valence-corrected chi connectivity index (χ4v) is 1.63. The van der Waals surface area contributed by atoms with Crippen LogP contribution in [0.3, 0.4) is 0 Å². The monoisotopic (exact) mass is 270 g/mol. The molecule has 0 fully saturated rings. The largest absolute Gasteiger partial charge is 0.294 e. The smallest absolute Gasteiger partial charge is 0.168 e. The minimum atomic E-state index is -0.399. The summed E-state index contributed by atoms with van der Waals surface area (Å²) < 4.78 is 13.6. The number of benzene rings is 1. The average Bonchev–Trinajstić information content (AvgIpc) is 2.21. The van der Waals surface area contributed by atoms with Gasteiger partial charge in [-0.3, -0.25) is 4.79 Å². The Labute approximate surface area is 97.1 Å². The molecule has 1 rings (SSSR count). The second-order valence-electron chi connectivity index (χ2n) is 3.33. The highest BCUT2D eigenvalue weighted by Gasteiger charge is 2.11. The first-order chi connectivity index (χ1) is 7.04. The Morgan fingerprint density at radius 1 is 1.53 bits per heavy atom. The van der Waals surface area contributed by atoms with Gasteiger partial charge >= 0.3 is 0 Å². The van der Waals surface area contributed by atoms with Gasteiger partial charge in [0.1, 0.15) is 5.82 Å². The van der Waals surface area contributed by atoms with Gasteiger partial charge in [0, 0.05) is 16.5 Å². The van der Waals surface area contributed by atoms with Crippen LogP contribution in [0.15, 0.2) is 34.8 Å². The summed E-state index contributed by atoms with van der Waals surface area (Å²) in [6.45, 7) is 5.70. The maximum absolute atomic E-state index is 12.9. The van der Waals surface area contributed by atoms with Crippen LogP contribution in [0.5, 0.6) is 0 Å². The van der Waals surface area contributed by atoms with E-state index in [-0.39, 0.29) is 12.2 Å². The lowest BCUT2D eigenvalue weighted by molar-refractivity contribution is 0.0991. The number of carbonyl (C=O) groups excluding carboxylic acids is 1. The number of Topliss-reactive ketones (excluding diaryl/α,β-unsaturated/α-hetero) is 1. The van der Waals surface area contributed by atoms with E-state index in [1.807, 2.05) is 6.92 Å². The SMILES string of the molecule is C=C(CC)CC(=O)c1cc(F)ccc1Br. The lowest BCUT2D eigenvalue weighted by Gasteiger charge is -2.04. The zero-order valence-corrected chi connectivity index (χ0v) is 10.1. The third-order valence-corrected chi connectivity index (χ3v) is 2.83. The van der Waals surface area contributed by atoms with Gasteiger partial charge in [0.2, 0.25) is 0 Å². The topological polar surface area (TPSA) is 17.1 Å². The van der Waals surface area contributed by atoms with Crippen molar-refractivity contribution in [2.45, 2.75) is 19.8 Å². The van der Waals surface area contributed by atoms with Crippen LogP contribution < -0.4 is 0 Å². The third kappa shape index (κ3) is 3.27. The number of hydrogen-bond acceptors (Lipinski definition) is 1. The van der Waals surface area contributed by atoms with Gasteiger partial charge < -0.3 is 0 Å². The maximum atomic E-state index is 12.9. The average molecular weight is 271 g/mol. The fraction of sp³-hybridized carbons (Fsp3) is 0.250. The summed E-state index contributed by atoms with van der Waals surface area (Å²) in [5.41, 5.74) is 1.24. The Morgan fingerprint density at radius 3 is 2.80 bits per heavy atom. The van der Waals surface area contributed by atoms with E-state index in [1.165, 1.54) is 18.2 Å². The van der Waals surface area contributed by atoms with E-state index < -0.39 is 5.82 Å². The van der Waals surface area contributed by atoms with Crippen molar-refractivity contribution in [3.63, 3.8) is 0 Å². The molecule has 15 heavy (non-hydrogen) atoms. The van der Waals surface area contributed by atoms with E-state index >= 15 is 0 Å². The summed E-state index contributed by atoms with van der Waals surface area (Å²) >= 11 is 3.23. The minimum Gasteiger partial charge on any atom is -0.294 e. The highest BCUT2D eigenvalue weighted by Crippen LogP contribution is 2.21. The molecule has 0 atom stereocenters. The highest BCUT2D eigenvalue weighted by atomic mass is 79.9. The predicted octanol–water partition coefficient (Wildman–Crippen LogP) is 4.13. The Balaban J connectivity index is 2.91. The van der Waals surface area contributed by atoms with Gasteiger partial charge in [-0.1, -0.05) is 35.0 Å². The zero-order valence-electron chi connectivity index (χ0n) is 8.52. The normalized spacial score (nSPS) is 10.1. The number of rotatable bonds is 4. The first-order valence-electron chi connectivity index (χ1n) is 4.69. The maximum Gasteiger partial charge on any atom is 0.168 e. The van der Waals surface area contributed by atoms with E-state index in [0.29, 0.717) is 10.0 Å². The van der Waals surface area contributed by atoms with Gasteiger partial charge in [-0.25, -0.2) is 4.39 Å². The standard InChI is InChI=1S/C12H12BrFO/c1-3-8(2)6-12(15)10-7-9(14)4-5-11(10)13/h4-5,7H,2-3,6H2,1H3. The van der Waals surface area contributed by atoms with Crippen LogP contribution in [-0.4, -0.2) is 5.78 Å². The van der Waals surface area contributed by atoms with Crippen LogP contribution in [0.4, 0.5) is 4.39 Å². The zero-order chi connectivity index (χ0) is 11.4. The van der Waals surface area contributed by atoms with Crippen molar-refractivity contribution in [3.8, 4) is 0 Å². The molecule has 0 aromatic heterocycles. The van der Waals surface area contributed by atoms with Gasteiger partial charge in [0.05, 0.1) is 0 Å². The van der Waals surface area contributed by atoms with Crippen molar-refractivity contribution in [1.29, 1.82) is 0 Å². The molecular formula is C12H12BrFO. The molecule has 1 aromatic rings. The quantitative estimate of drug-likeness (QED) is 0.594. The second kappa shape index (κ2) is 5.21. The van der Waals surface area contributed by atoms with Gasteiger partial charge in [-0.2, -0.15) is 0 Å². The second-order valence-corrected chi connectivity index (χ2v) is 4.18. The van der Waals surface area contributed by atoms with Crippen LogP contribution in [0.25, 0.3) is 0 Å². The predicted molar refractivity (Wildman–Crippen MR) is 62.5 cm³/mol. The molecule has 0 amide bonds.